The molecule has 0 radical (unpaired) electrons. The predicted octanol–water partition coefficient (Wildman–Crippen LogP) is 2.87. The lowest BCUT2D eigenvalue weighted by atomic mass is 10.2. The summed E-state index contributed by atoms with van der Waals surface area (Å²) in [6, 6.07) is 15.2. The molecular weight excluding hydrogens is 505 g/mol. The van der Waals surface area contributed by atoms with Crippen LogP contribution in [0.3, 0.4) is 0 Å². The minimum absolute atomic E-state index is 0.0801. The molecule has 10 nitrogen and oxygen atoms in total. The molecule has 1 amide bonds. The Kier molecular flexibility index (Phi) is 7.68. The molecule has 1 heterocycles. The van der Waals surface area contributed by atoms with Crippen molar-refractivity contribution < 1.29 is 36.6 Å². The maximum Gasteiger partial charge on any atom is 0.308 e. The third-order valence-corrected chi connectivity index (χ3v) is 6.82. The lowest BCUT2D eigenvalue weighted by Crippen LogP contribution is -2.39. The Bertz CT molecular complexity index is 1430. The Labute approximate surface area is 212 Å². The predicted molar refractivity (Wildman–Crippen MR) is 132 cm³/mol. The summed E-state index contributed by atoms with van der Waals surface area (Å²) >= 11 is 0. The molecule has 4 rings (SSSR count). The number of hydrogen-bond acceptors (Lipinski definition) is 8. The van der Waals surface area contributed by atoms with Gasteiger partial charge in [0.05, 0.1) is 16.8 Å². The monoisotopic (exact) mass is 527 g/mol. The van der Waals surface area contributed by atoms with Crippen LogP contribution in [0.1, 0.15) is 12.5 Å². The number of anilines is 1. The van der Waals surface area contributed by atoms with Gasteiger partial charge in [-0.15, -0.1) is 0 Å². The summed E-state index contributed by atoms with van der Waals surface area (Å²) in [6.07, 6.45) is 1.34. The van der Waals surface area contributed by atoms with Gasteiger partial charge >= 0.3 is 5.97 Å². The fourth-order valence-corrected chi connectivity index (χ4v) is 4.80. The number of nitrogens with one attached hydrogen (secondary N) is 1. The van der Waals surface area contributed by atoms with Gasteiger partial charge in [-0.1, -0.05) is 0 Å². The van der Waals surface area contributed by atoms with E-state index in [0.29, 0.717) is 23.7 Å². The van der Waals surface area contributed by atoms with Gasteiger partial charge in [-0.2, -0.15) is 5.10 Å². The molecule has 0 bridgehead atoms. The Morgan fingerprint density at radius 1 is 1.03 bits per heavy atom. The van der Waals surface area contributed by atoms with Crippen molar-refractivity contribution in [2.24, 2.45) is 5.10 Å². The SMILES string of the molecule is CC(=O)Oc1ccc(/C=N\NC(=O)CN(c2ccc(F)cc2)S(=O)(=O)c2ccc3c(c2)OCCO3)cc1. The van der Waals surface area contributed by atoms with E-state index < -0.39 is 34.3 Å². The summed E-state index contributed by atoms with van der Waals surface area (Å²) in [7, 11) is -4.27. The second kappa shape index (κ2) is 11.1. The molecule has 0 atom stereocenters. The van der Waals surface area contributed by atoms with Gasteiger partial charge in [0, 0.05) is 13.0 Å². The number of hydrazone groups is 1. The normalized spacial score (nSPS) is 12.7. The number of hydrogen-bond donors (Lipinski definition) is 1. The molecule has 192 valence electrons. The summed E-state index contributed by atoms with van der Waals surface area (Å²) in [5, 5.41) is 3.86. The van der Waals surface area contributed by atoms with Gasteiger partial charge < -0.3 is 14.2 Å². The van der Waals surface area contributed by atoms with Crippen molar-refractivity contribution in [2.45, 2.75) is 11.8 Å². The number of fused-ring (bicyclic) bond motifs is 1. The lowest BCUT2D eigenvalue weighted by Gasteiger charge is -2.25. The van der Waals surface area contributed by atoms with Gasteiger partial charge in [-0.05, 0) is 66.2 Å². The van der Waals surface area contributed by atoms with Gasteiger partial charge in [0.2, 0.25) is 0 Å². The van der Waals surface area contributed by atoms with Crippen molar-refractivity contribution >= 4 is 33.8 Å². The van der Waals surface area contributed by atoms with Gasteiger partial charge in [-0.25, -0.2) is 18.2 Å². The highest BCUT2D eigenvalue weighted by Gasteiger charge is 2.29. The highest BCUT2D eigenvalue weighted by Crippen LogP contribution is 2.34. The van der Waals surface area contributed by atoms with Gasteiger partial charge in [-0.3, -0.25) is 13.9 Å². The van der Waals surface area contributed by atoms with Crippen LogP contribution in [0.2, 0.25) is 0 Å². The van der Waals surface area contributed by atoms with Crippen LogP contribution in [0.15, 0.2) is 76.7 Å². The molecule has 0 aliphatic carbocycles. The average Bonchev–Trinajstić information content (AvgIpc) is 2.88. The number of carbonyl (C=O) groups excluding carboxylic acids is 2. The van der Waals surface area contributed by atoms with E-state index in [1.807, 2.05) is 0 Å². The summed E-state index contributed by atoms with van der Waals surface area (Å²) in [5.41, 5.74) is 2.96. The first kappa shape index (κ1) is 25.6. The van der Waals surface area contributed by atoms with Crippen molar-refractivity contribution in [1.82, 2.24) is 5.43 Å². The molecular formula is C25H22FN3O7S. The molecule has 0 aromatic heterocycles. The molecule has 1 aliphatic heterocycles. The topological polar surface area (TPSA) is 124 Å². The van der Waals surface area contributed by atoms with E-state index in [0.717, 1.165) is 16.4 Å². The minimum atomic E-state index is -4.27. The zero-order valence-corrected chi connectivity index (χ0v) is 20.4. The van der Waals surface area contributed by atoms with E-state index in [9.17, 15) is 22.4 Å². The maximum atomic E-state index is 13.5. The molecule has 1 aliphatic rings. The van der Waals surface area contributed by atoms with Crippen LogP contribution in [-0.4, -0.2) is 46.3 Å². The number of ether oxygens (including phenoxy) is 3. The fraction of sp³-hybridized carbons (Fsp3) is 0.160. The second-order valence-corrected chi connectivity index (χ2v) is 9.61. The summed E-state index contributed by atoms with van der Waals surface area (Å²) < 4.78 is 57.3. The van der Waals surface area contributed by atoms with E-state index in [4.69, 9.17) is 14.2 Å². The number of nitrogens with zero attached hydrogens (tertiary/aromatic N) is 2. The maximum absolute atomic E-state index is 13.5. The summed E-state index contributed by atoms with van der Waals surface area (Å²) in [5.74, 6) is -0.724. The van der Waals surface area contributed by atoms with E-state index in [1.165, 1.54) is 43.5 Å². The zero-order chi connectivity index (χ0) is 26.4. The van der Waals surface area contributed by atoms with Crippen LogP contribution in [0, 0.1) is 5.82 Å². The summed E-state index contributed by atoms with van der Waals surface area (Å²) in [6.45, 7) is 1.27. The van der Waals surface area contributed by atoms with Crippen molar-refractivity contribution in [2.75, 3.05) is 24.1 Å². The average molecular weight is 528 g/mol. The van der Waals surface area contributed by atoms with Crippen molar-refractivity contribution in [1.29, 1.82) is 0 Å². The summed E-state index contributed by atoms with van der Waals surface area (Å²) in [4.78, 5) is 23.5. The molecule has 3 aromatic rings. The first-order chi connectivity index (χ1) is 17.7. The van der Waals surface area contributed by atoms with Gasteiger partial charge in [0.15, 0.2) is 11.5 Å². The van der Waals surface area contributed by atoms with Crippen LogP contribution in [0.25, 0.3) is 0 Å². The van der Waals surface area contributed by atoms with Crippen molar-refractivity contribution in [3.8, 4) is 17.2 Å². The van der Waals surface area contributed by atoms with Crippen LogP contribution in [-0.2, 0) is 19.6 Å². The molecule has 0 saturated carbocycles. The molecule has 0 spiro atoms. The number of amides is 1. The minimum Gasteiger partial charge on any atom is -0.486 e. The molecule has 0 saturated heterocycles. The Balaban J connectivity index is 1.52. The first-order valence-electron chi connectivity index (χ1n) is 11.0. The molecule has 0 unspecified atom stereocenters. The van der Waals surface area contributed by atoms with E-state index >= 15 is 0 Å². The number of carbonyl (C=O) groups is 2. The molecule has 3 aromatic carbocycles. The van der Waals surface area contributed by atoms with Crippen LogP contribution in [0.4, 0.5) is 10.1 Å². The zero-order valence-electron chi connectivity index (χ0n) is 19.6. The standard InChI is InChI=1S/C25H22FN3O7S/c1-17(30)36-21-8-2-18(3-9-21)15-27-28-25(31)16-29(20-6-4-19(26)5-7-20)37(32,33)22-10-11-23-24(14-22)35-13-12-34-23/h2-11,14-15H,12-13,16H2,1H3,(H,28,31)/b27-15-. The van der Waals surface area contributed by atoms with E-state index in [2.05, 4.69) is 10.5 Å². The Morgan fingerprint density at radius 2 is 1.70 bits per heavy atom. The number of benzene rings is 3. The van der Waals surface area contributed by atoms with Crippen molar-refractivity contribution in [3.63, 3.8) is 0 Å². The Hall–Kier alpha value is -4.45. The lowest BCUT2D eigenvalue weighted by molar-refractivity contribution is -0.131. The first-order valence-corrected chi connectivity index (χ1v) is 12.4. The van der Waals surface area contributed by atoms with Crippen LogP contribution < -0.4 is 23.9 Å². The highest BCUT2D eigenvalue weighted by molar-refractivity contribution is 7.92. The second-order valence-electron chi connectivity index (χ2n) is 7.75. The quantitative estimate of drug-likeness (QED) is 0.207. The fourth-order valence-electron chi connectivity index (χ4n) is 3.37. The number of sulfonamides is 1. The molecule has 1 N–H and O–H groups in total. The Morgan fingerprint density at radius 3 is 2.38 bits per heavy atom. The number of esters is 1. The van der Waals surface area contributed by atoms with Crippen LogP contribution in [0.5, 0.6) is 17.2 Å². The third kappa shape index (κ3) is 6.41. The largest absolute Gasteiger partial charge is 0.486 e. The van der Waals surface area contributed by atoms with Gasteiger partial charge in [0.25, 0.3) is 15.9 Å². The number of rotatable bonds is 8. The van der Waals surface area contributed by atoms with Gasteiger partial charge in [0.1, 0.15) is 31.3 Å². The van der Waals surface area contributed by atoms with Crippen molar-refractivity contribution in [3.05, 3.63) is 78.1 Å². The van der Waals surface area contributed by atoms with Crippen LogP contribution >= 0.6 is 0 Å². The smallest absolute Gasteiger partial charge is 0.308 e. The molecule has 37 heavy (non-hydrogen) atoms. The highest BCUT2D eigenvalue weighted by atomic mass is 32.2. The number of halogens is 1. The molecule has 0 fully saturated rings. The van der Waals surface area contributed by atoms with E-state index in [-0.39, 0.29) is 22.9 Å². The third-order valence-electron chi connectivity index (χ3n) is 5.05. The molecule has 12 heteroatoms. The van der Waals surface area contributed by atoms with E-state index in [1.54, 1.807) is 24.3 Å².